The van der Waals surface area contributed by atoms with Crippen molar-refractivity contribution in [2.24, 2.45) is 5.92 Å². The molecule has 0 saturated carbocycles. The van der Waals surface area contributed by atoms with Crippen molar-refractivity contribution >= 4 is 14.0 Å². The molecule has 0 radical (unpaired) electrons. The Morgan fingerprint density at radius 1 is 1.37 bits per heavy atom. The molecular weight excluding hydrogens is 263 g/mol. The Morgan fingerprint density at radius 3 is 2.63 bits per heavy atom. The molecule has 0 fully saturated rings. The third kappa shape index (κ3) is 6.55. The summed E-state index contributed by atoms with van der Waals surface area (Å²) in [6.45, 7) is 2.04. The highest BCUT2D eigenvalue weighted by molar-refractivity contribution is 7.38. The van der Waals surface area contributed by atoms with Crippen molar-refractivity contribution in [3.05, 3.63) is 35.9 Å². The number of rotatable bonds is 8. The maximum absolute atomic E-state index is 11.7. The third-order valence-electron chi connectivity index (χ3n) is 2.90. The van der Waals surface area contributed by atoms with Gasteiger partial charge in [0, 0.05) is 6.16 Å². The Bertz CT molecular complexity index is 405. The van der Waals surface area contributed by atoms with Gasteiger partial charge in [0.2, 0.25) is 0 Å². The summed E-state index contributed by atoms with van der Waals surface area (Å²) >= 11 is 0. The molecular formula is C14H21O4P. The van der Waals surface area contributed by atoms with E-state index in [1.54, 1.807) is 6.92 Å². The van der Waals surface area contributed by atoms with Gasteiger partial charge in [0.25, 0.3) is 0 Å². The van der Waals surface area contributed by atoms with Crippen LogP contribution >= 0.6 is 8.03 Å². The van der Waals surface area contributed by atoms with Crippen molar-refractivity contribution < 1.29 is 19.0 Å². The predicted octanol–water partition coefficient (Wildman–Crippen LogP) is 2.66. The van der Waals surface area contributed by atoms with Gasteiger partial charge in [-0.05, 0) is 31.7 Å². The van der Waals surface area contributed by atoms with Gasteiger partial charge >= 0.3 is 5.97 Å². The average Bonchev–Trinajstić information content (AvgIpc) is 2.38. The van der Waals surface area contributed by atoms with Gasteiger partial charge in [-0.15, -0.1) is 0 Å². The molecule has 106 valence electrons. The summed E-state index contributed by atoms with van der Waals surface area (Å²) in [6, 6.07) is 9.99. The fourth-order valence-corrected chi connectivity index (χ4v) is 2.76. The monoisotopic (exact) mass is 284 g/mol. The molecule has 2 unspecified atom stereocenters. The lowest BCUT2D eigenvalue weighted by atomic mass is 10.0. The first-order valence-corrected chi connectivity index (χ1v) is 8.12. The maximum Gasteiger partial charge on any atom is 0.309 e. The molecule has 1 aromatic carbocycles. The Kier molecular flexibility index (Phi) is 7.46. The normalized spacial score (nSPS) is 13.8. The molecule has 19 heavy (non-hydrogen) atoms. The van der Waals surface area contributed by atoms with Crippen molar-refractivity contribution in [2.45, 2.75) is 26.2 Å². The maximum atomic E-state index is 11.7. The molecule has 0 aliphatic heterocycles. The number of aryl methyl sites for hydroxylation is 1. The Labute approximate surface area is 114 Å². The molecule has 0 aliphatic rings. The Hall–Kier alpha value is -1.12. The summed E-state index contributed by atoms with van der Waals surface area (Å²) in [4.78, 5) is 20.7. The second-order valence-corrected chi connectivity index (χ2v) is 5.62. The number of ether oxygens (including phenoxy) is 1. The van der Waals surface area contributed by atoms with Crippen LogP contribution < -0.4 is 0 Å². The van der Waals surface area contributed by atoms with Crippen molar-refractivity contribution in [2.75, 3.05) is 12.8 Å². The van der Waals surface area contributed by atoms with E-state index in [2.05, 4.69) is 0 Å². The van der Waals surface area contributed by atoms with Crippen molar-refractivity contribution in [1.82, 2.24) is 0 Å². The number of carbonyl (C=O) groups excluding carboxylic acids is 1. The van der Waals surface area contributed by atoms with E-state index in [-0.39, 0.29) is 12.1 Å². The summed E-state index contributed by atoms with van der Waals surface area (Å²) in [5, 5.41) is 0. The minimum absolute atomic E-state index is 0.0261. The van der Waals surface area contributed by atoms with Crippen LogP contribution in [0.25, 0.3) is 0 Å². The molecule has 1 rings (SSSR count). The van der Waals surface area contributed by atoms with Crippen LogP contribution in [0, 0.1) is 5.92 Å². The molecule has 1 aromatic rings. The van der Waals surface area contributed by atoms with Crippen LogP contribution in [0.5, 0.6) is 0 Å². The smallest absolute Gasteiger partial charge is 0.309 e. The van der Waals surface area contributed by atoms with E-state index >= 15 is 0 Å². The second kappa shape index (κ2) is 8.89. The van der Waals surface area contributed by atoms with E-state index in [0.717, 1.165) is 12.8 Å². The van der Waals surface area contributed by atoms with Crippen molar-refractivity contribution in [3.8, 4) is 0 Å². The highest BCUT2D eigenvalue weighted by Gasteiger charge is 2.21. The fraction of sp³-hybridized carbons (Fsp3) is 0.500. The molecule has 0 bridgehead atoms. The molecule has 0 heterocycles. The van der Waals surface area contributed by atoms with Crippen LogP contribution in [0.2, 0.25) is 0 Å². The van der Waals surface area contributed by atoms with E-state index in [9.17, 15) is 9.36 Å². The van der Waals surface area contributed by atoms with Gasteiger partial charge < -0.3 is 9.63 Å². The number of carbonyl (C=O) groups is 1. The molecule has 0 spiro atoms. The summed E-state index contributed by atoms with van der Waals surface area (Å²) in [5.41, 5.74) is 1.21. The van der Waals surface area contributed by atoms with Gasteiger partial charge in [0.05, 0.1) is 12.5 Å². The Balaban J connectivity index is 2.44. The molecule has 1 N–H and O–H groups in total. The molecule has 0 saturated heterocycles. The van der Waals surface area contributed by atoms with Gasteiger partial charge in [0.1, 0.15) is 0 Å². The summed E-state index contributed by atoms with van der Waals surface area (Å²) in [7, 11) is -2.64. The van der Waals surface area contributed by atoms with Gasteiger partial charge in [-0.25, -0.2) is 0 Å². The first-order valence-electron chi connectivity index (χ1n) is 6.55. The zero-order valence-corrected chi connectivity index (χ0v) is 12.2. The highest BCUT2D eigenvalue weighted by atomic mass is 31.1. The lowest BCUT2D eigenvalue weighted by molar-refractivity contribution is -0.147. The Morgan fingerprint density at radius 2 is 2.05 bits per heavy atom. The quantitative estimate of drug-likeness (QED) is 0.589. The summed E-state index contributed by atoms with van der Waals surface area (Å²) < 4.78 is 15.9. The molecule has 2 atom stereocenters. The van der Waals surface area contributed by atoms with Gasteiger partial charge in [-0.3, -0.25) is 9.36 Å². The van der Waals surface area contributed by atoms with E-state index in [4.69, 9.17) is 9.63 Å². The van der Waals surface area contributed by atoms with Gasteiger partial charge in [-0.2, -0.15) is 0 Å². The van der Waals surface area contributed by atoms with Crippen LogP contribution in [-0.4, -0.2) is 23.6 Å². The SMILES string of the molecule is CCOC(=O)C(CCCc1ccccc1)C[PH](=O)O. The van der Waals surface area contributed by atoms with Crippen molar-refractivity contribution in [1.29, 1.82) is 0 Å². The largest absolute Gasteiger partial charge is 0.466 e. The lowest BCUT2D eigenvalue weighted by Crippen LogP contribution is -2.20. The number of benzene rings is 1. The molecule has 4 nitrogen and oxygen atoms in total. The molecule has 5 heteroatoms. The van der Waals surface area contributed by atoms with E-state index in [0.29, 0.717) is 13.0 Å². The minimum atomic E-state index is -2.64. The molecule has 0 aliphatic carbocycles. The average molecular weight is 284 g/mol. The number of hydrogen-bond acceptors (Lipinski definition) is 3. The lowest BCUT2D eigenvalue weighted by Gasteiger charge is -2.13. The molecule has 0 aromatic heterocycles. The van der Waals surface area contributed by atoms with Gasteiger partial charge in [-0.1, -0.05) is 30.3 Å². The third-order valence-corrected chi connectivity index (χ3v) is 3.74. The van der Waals surface area contributed by atoms with E-state index in [1.165, 1.54) is 5.56 Å². The number of hydrogen-bond donors (Lipinski definition) is 1. The fourth-order valence-electron chi connectivity index (χ4n) is 1.97. The topological polar surface area (TPSA) is 63.6 Å². The zero-order valence-electron chi connectivity index (χ0n) is 11.2. The standard InChI is InChI=1S/C14H21O4P/c1-2-18-14(15)13(11-19(16)17)10-6-9-12-7-4-3-5-8-12/h3-5,7-8,13,19H,2,6,9-11H2,1H3,(H,16,17). The first kappa shape index (κ1) is 15.9. The summed E-state index contributed by atoms with van der Waals surface area (Å²) in [5.74, 6) is -0.817. The van der Waals surface area contributed by atoms with Crippen LogP contribution in [0.1, 0.15) is 25.3 Å². The van der Waals surface area contributed by atoms with Crippen LogP contribution in [0.3, 0.4) is 0 Å². The first-order chi connectivity index (χ1) is 9.13. The van der Waals surface area contributed by atoms with E-state index in [1.807, 2.05) is 30.3 Å². The van der Waals surface area contributed by atoms with Crippen LogP contribution in [0.4, 0.5) is 0 Å². The highest BCUT2D eigenvalue weighted by Crippen LogP contribution is 2.23. The zero-order chi connectivity index (χ0) is 14.1. The second-order valence-electron chi connectivity index (χ2n) is 4.42. The number of esters is 1. The summed E-state index contributed by atoms with van der Waals surface area (Å²) in [6.07, 6.45) is 2.29. The van der Waals surface area contributed by atoms with Crippen molar-refractivity contribution in [3.63, 3.8) is 0 Å². The van der Waals surface area contributed by atoms with Crippen LogP contribution in [0.15, 0.2) is 30.3 Å². The predicted molar refractivity (Wildman–Crippen MR) is 75.6 cm³/mol. The van der Waals surface area contributed by atoms with Crippen LogP contribution in [-0.2, 0) is 20.5 Å². The minimum Gasteiger partial charge on any atom is -0.466 e. The van der Waals surface area contributed by atoms with E-state index < -0.39 is 13.9 Å². The van der Waals surface area contributed by atoms with Gasteiger partial charge in [0.15, 0.2) is 8.03 Å². The molecule has 0 amide bonds.